The van der Waals surface area contributed by atoms with Gasteiger partial charge in [-0.3, -0.25) is 9.10 Å². The highest BCUT2D eigenvalue weighted by Gasteiger charge is 2.21. The fourth-order valence-corrected chi connectivity index (χ4v) is 2.82. The van der Waals surface area contributed by atoms with Crippen LogP contribution in [0, 0.1) is 0 Å². The zero-order valence-corrected chi connectivity index (χ0v) is 14.2. The Hall–Kier alpha value is -1.08. The Balaban J connectivity index is 2.95. The molecule has 0 aliphatic rings. The molecule has 0 bridgehead atoms. The first-order valence-electron chi connectivity index (χ1n) is 6.26. The highest BCUT2D eigenvalue weighted by molar-refractivity contribution is 9.10. The van der Waals surface area contributed by atoms with E-state index in [1.807, 2.05) is 13.8 Å². The van der Waals surface area contributed by atoms with E-state index >= 15 is 0 Å². The Morgan fingerprint density at radius 1 is 1.45 bits per heavy atom. The Kier molecular flexibility index (Phi) is 6.01. The van der Waals surface area contributed by atoms with Crippen molar-refractivity contribution in [1.82, 2.24) is 5.32 Å². The summed E-state index contributed by atoms with van der Waals surface area (Å²) in [7, 11) is -3.52. The lowest BCUT2D eigenvalue weighted by Gasteiger charge is -2.23. The van der Waals surface area contributed by atoms with Crippen LogP contribution in [0.3, 0.4) is 0 Å². The number of carbonyl (C=O) groups is 1. The maximum absolute atomic E-state index is 11.9. The fraction of sp³-hybridized carbons (Fsp3) is 0.462. The predicted molar refractivity (Wildman–Crippen MR) is 84.2 cm³/mol. The van der Waals surface area contributed by atoms with Gasteiger partial charge < -0.3 is 5.32 Å². The summed E-state index contributed by atoms with van der Waals surface area (Å²) in [6.45, 7) is 3.61. The van der Waals surface area contributed by atoms with Gasteiger partial charge in [0.05, 0.1) is 11.9 Å². The average molecular weight is 363 g/mol. The van der Waals surface area contributed by atoms with Crippen LogP contribution in [-0.2, 0) is 14.8 Å². The van der Waals surface area contributed by atoms with E-state index < -0.39 is 10.0 Å². The molecule has 0 spiro atoms. The van der Waals surface area contributed by atoms with Gasteiger partial charge >= 0.3 is 0 Å². The summed E-state index contributed by atoms with van der Waals surface area (Å²) >= 11 is 3.29. The van der Waals surface area contributed by atoms with E-state index in [2.05, 4.69) is 21.2 Å². The first kappa shape index (κ1) is 17.0. The number of sulfonamides is 1. The van der Waals surface area contributed by atoms with Crippen LogP contribution in [0.25, 0.3) is 0 Å². The van der Waals surface area contributed by atoms with Crippen LogP contribution >= 0.6 is 15.9 Å². The zero-order chi connectivity index (χ0) is 15.3. The summed E-state index contributed by atoms with van der Waals surface area (Å²) in [4.78, 5) is 11.9. The van der Waals surface area contributed by atoms with Crippen molar-refractivity contribution >= 4 is 37.5 Å². The summed E-state index contributed by atoms with van der Waals surface area (Å²) in [6.07, 6.45) is 1.88. The molecular weight excluding hydrogens is 344 g/mol. The van der Waals surface area contributed by atoms with Gasteiger partial charge in [0, 0.05) is 10.5 Å². The molecule has 0 fully saturated rings. The molecule has 0 aliphatic carbocycles. The second kappa shape index (κ2) is 7.08. The molecule has 1 atom stereocenters. The van der Waals surface area contributed by atoms with Crippen LogP contribution in [0.5, 0.6) is 0 Å². The molecule has 0 aromatic heterocycles. The van der Waals surface area contributed by atoms with E-state index in [1.54, 1.807) is 24.3 Å². The number of halogens is 1. The van der Waals surface area contributed by atoms with Crippen LogP contribution in [0.2, 0.25) is 0 Å². The van der Waals surface area contributed by atoms with Crippen molar-refractivity contribution in [3.8, 4) is 0 Å². The number of benzene rings is 1. The molecule has 0 saturated heterocycles. The number of hydrogen-bond acceptors (Lipinski definition) is 3. The molecule has 0 aliphatic heterocycles. The maximum Gasteiger partial charge on any atom is 0.240 e. The Bertz CT molecular complexity index is 575. The lowest BCUT2D eigenvalue weighted by atomic mass is 10.2. The molecule has 1 amide bonds. The molecule has 5 nitrogen and oxygen atoms in total. The largest absolute Gasteiger partial charge is 0.352 e. The standard InChI is InChI=1S/C13H19BrN2O3S/c1-4-10(2)15-13(17)9-16(20(3,18)19)12-7-5-6-11(14)8-12/h5-8,10H,4,9H2,1-3H3,(H,15,17)/t10-/m0/s1. The lowest BCUT2D eigenvalue weighted by molar-refractivity contribution is -0.120. The molecule has 20 heavy (non-hydrogen) atoms. The first-order chi connectivity index (χ1) is 9.24. The third-order valence-corrected chi connectivity index (χ3v) is 4.44. The van der Waals surface area contributed by atoms with Crippen molar-refractivity contribution in [1.29, 1.82) is 0 Å². The summed E-state index contributed by atoms with van der Waals surface area (Å²) in [6, 6.07) is 6.86. The van der Waals surface area contributed by atoms with Crippen LogP contribution in [0.1, 0.15) is 20.3 Å². The van der Waals surface area contributed by atoms with E-state index in [1.165, 1.54) is 0 Å². The quantitative estimate of drug-likeness (QED) is 0.842. The Morgan fingerprint density at radius 3 is 2.60 bits per heavy atom. The minimum absolute atomic E-state index is 0.0198. The third-order valence-electron chi connectivity index (χ3n) is 2.80. The van der Waals surface area contributed by atoms with E-state index in [0.29, 0.717) is 5.69 Å². The fourth-order valence-electron chi connectivity index (χ4n) is 1.58. The molecule has 0 saturated carbocycles. The number of amides is 1. The van der Waals surface area contributed by atoms with Gasteiger partial charge in [-0.05, 0) is 31.5 Å². The molecule has 0 radical (unpaired) electrons. The molecule has 0 unspecified atom stereocenters. The molecule has 1 aromatic rings. The smallest absolute Gasteiger partial charge is 0.240 e. The second-order valence-electron chi connectivity index (χ2n) is 4.63. The normalized spacial score (nSPS) is 12.8. The van der Waals surface area contributed by atoms with Gasteiger partial charge in [-0.25, -0.2) is 8.42 Å². The molecule has 1 aromatic carbocycles. The third kappa shape index (κ3) is 5.13. The average Bonchev–Trinajstić information content (AvgIpc) is 2.34. The number of hydrogen-bond donors (Lipinski definition) is 1. The van der Waals surface area contributed by atoms with Gasteiger partial charge in [0.25, 0.3) is 0 Å². The summed E-state index contributed by atoms with van der Waals surface area (Å²) < 4.78 is 25.6. The van der Waals surface area contributed by atoms with E-state index in [9.17, 15) is 13.2 Å². The SMILES string of the molecule is CC[C@H](C)NC(=O)CN(c1cccc(Br)c1)S(C)(=O)=O. The van der Waals surface area contributed by atoms with Gasteiger partial charge in [-0.15, -0.1) is 0 Å². The van der Waals surface area contributed by atoms with E-state index in [0.717, 1.165) is 21.5 Å². The maximum atomic E-state index is 11.9. The van der Waals surface area contributed by atoms with Gasteiger partial charge in [0.1, 0.15) is 6.54 Å². The highest BCUT2D eigenvalue weighted by atomic mass is 79.9. The zero-order valence-electron chi connectivity index (χ0n) is 11.8. The van der Waals surface area contributed by atoms with Crippen molar-refractivity contribution in [3.05, 3.63) is 28.7 Å². The second-order valence-corrected chi connectivity index (χ2v) is 7.45. The monoisotopic (exact) mass is 362 g/mol. The van der Waals surface area contributed by atoms with Crippen molar-refractivity contribution in [2.24, 2.45) is 0 Å². The predicted octanol–water partition coefficient (Wildman–Crippen LogP) is 2.13. The minimum Gasteiger partial charge on any atom is -0.352 e. The minimum atomic E-state index is -3.52. The molecule has 7 heteroatoms. The van der Waals surface area contributed by atoms with E-state index in [-0.39, 0.29) is 18.5 Å². The number of carbonyl (C=O) groups excluding carboxylic acids is 1. The summed E-state index contributed by atoms with van der Waals surface area (Å²) in [5, 5.41) is 2.76. The Labute approximate surface area is 128 Å². The van der Waals surface area contributed by atoms with Gasteiger partial charge in [-0.1, -0.05) is 28.9 Å². The Morgan fingerprint density at radius 2 is 2.10 bits per heavy atom. The van der Waals surface area contributed by atoms with Gasteiger partial charge in [-0.2, -0.15) is 0 Å². The number of rotatable bonds is 6. The van der Waals surface area contributed by atoms with Crippen molar-refractivity contribution in [2.45, 2.75) is 26.3 Å². The van der Waals surface area contributed by atoms with Crippen molar-refractivity contribution in [2.75, 3.05) is 17.1 Å². The van der Waals surface area contributed by atoms with Crippen molar-refractivity contribution < 1.29 is 13.2 Å². The summed E-state index contributed by atoms with van der Waals surface area (Å²) in [5.41, 5.74) is 0.459. The van der Waals surface area contributed by atoms with Crippen LogP contribution in [-0.4, -0.2) is 33.2 Å². The van der Waals surface area contributed by atoms with Gasteiger partial charge in [0.15, 0.2) is 0 Å². The number of anilines is 1. The highest BCUT2D eigenvalue weighted by Crippen LogP contribution is 2.21. The molecule has 1 N–H and O–H groups in total. The molecule has 1 rings (SSSR count). The van der Waals surface area contributed by atoms with Crippen molar-refractivity contribution in [3.63, 3.8) is 0 Å². The summed E-state index contributed by atoms with van der Waals surface area (Å²) in [5.74, 6) is -0.315. The van der Waals surface area contributed by atoms with Crippen LogP contribution in [0.4, 0.5) is 5.69 Å². The topological polar surface area (TPSA) is 66.5 Å². The molecular formula is C13H19BrN2O3S. The number of nitrogens with zero attached hydrogens (tertiary/aromatic N) is 1. The lowest BCUT2D eigenvalue weighted by Crippen LogP contribution is -2.43. The molecule has 112 valence electrons. The van der Waals surface area contributed by atoms with Crippen LogP contribution < -0.4 is 9.62 Å². The van der Waals surface area contributed by atoms with Crippen LogP contribution in [0.15, 0.2) is 28.7 Å². The molecule has 0 heterocycles. The number of nitrogens with one attached hydrogen (secondary N) is 1. The van der Waals surface area contributed by atoms with Gasteiger partial charge in [0.2, 0.25) is 15.9 Å². The first-order valence-corrected chi connectivity index (χ1v) is 8.90. The van der Waals surface area contributed by atoms with E-state index in [4.69, 9.17) is 0 Å².